The predicted octanol–water partition coefficient (Wildman–Crippen LogP) is 2.35. The molecule has 0 amide bonds. The Morgan fingerprint density at radius 3 is 2.35 bits per heavy atom. The molecule has 5 nitrogen and oxygen atoms in total. The van der Waals surface area contributed by atoms with E-state index in [1.165, 1.54) is 0 Å². The first-order chi connectivity index (χ1) is 11.1. The Morgan fingerprint density at radius 1 is 1.17 bits per heavy atom. The molecule has 2 atom stereocenters. The summed E-state index contributed by atoms with van der Waals surface area (Å²) in [4.78, 5) is 2.39. The smallest absolute Gasteiger partial charge is 0.203 e. The summed E-state index contributed by atoms with van der Waals surface area (Å²) >= 11 is 0. The van der Waals surface area contributed by atoms with Crippen molar-refractivity contribution in [2.24, 2.45) is 5.92 Å². The summed E-state index contributed by atoms with van der Waals surface area (Å²) in [5, 5.41) is 10.3. The number of rotatable bonds is 7. The third-order valence-corrected chi connectivity index (χ3v) is 4.53. The van der Waals surface area contributed by atoms with Gasteiger partial charge in [-0.3, -0.25) is 0 Å². The second-order valence-electron chi connectivity index (χ2n) is 5.98. The van der Waals surface area contributed by atoms with Crippen molar-refractivity contribution in [3.05, 3.63) is 17.7 Å². The summed E-state index contributed by atoms with van der Waals surface area (Å²) in [7, 11) is 3.27. The largest absolute Gasteiger partial charge is 0.493 e. The third-order valence-electron chi connectivity index (χ3n) is 4.53. The average molecular weight is 323 g/mol. The molecule has 1 fully saturated rings. The lowest BCUT2D eigenvalue weighted by atomic mass is 9.88. The van der Waals surface area contributed by atoms with Gasteiger partial charge in [-0.15, -0.1) is 0 Å². The minimum Gasteiger partial charge on any atom is -0.493 e. The lowest BCUT2D eigenvalue weighted by Gasteiger charge is -2.35. The van der Waals surface area contributed by atoms with Crippen LogP contribution in [0, 0.1) is 5.92 Å². The molecule has 1 aliphatic rings. The van der Waals surface area contributed by atoms with Crippen LogP contribution in [0.25, 0.3) is 0 Å². The Balaban J connectivity index is 2.21. The Hall–Kier alpha value is -1.46. The molecular weight excluding hydrogens is 294 g/mol. The van der Waals surface area contributed by atoms with Crippen molar-refractivity contribution < 1.29 is 19.3 Å². The van der Waals surface area contributed by atoms with Crippen molar-refractivity contribution in [3.8, 4) is 17.2 Å². The van der Waals surface area contributed by atoms with Gasteiger partial charge in [0, 0.05) is 19.0 Å². The molecule has 1 aliphatic heterocycles. The second kappa shape index (κ2) is 8.41. The van der Waals surface area contributed by atoms with Crippen molar-refractivity contribution in [2.75, 3.05) is 40.5 Å². The molecule has 1 aromatic rings. The molecule has 1 aromatic carbocycles. The first-order valence-electron chi connectivity index (χ1n) is 8.40. The van der Waals surface area contributed by atoms with Crippen LogP contribution in [-0.4, -0.2) is 56.6 Å². The van der Waals surface area contributed by atoms with Crippen molar-refractivity contribution in [1.29, 1.82) is 0 Å². The van der Waals surface area contributed by atoms with Gasteiger partial charge in [-0.1, -0.05) is 6.92 Å². The standard InChI is InChI=1S/C18H29NO4/c1-5-19-8-7-15(20)14(12-19)9-13-10-16(21-3)18(23-6-2)17(11-13)22-4/h10-11,14-15,20H,5-9,12H2,1-4H3. The number of hydrogen-bond donors (Lipinski definition) is 1. The molecule has 5 heteroatoms. The molecule has 0 spiro atoms. The SMILES string of the molecule is CCOc1c(OC)cc(CC2CN(CC)CCC2O)cc1OC. The summed E-state index contributed by atoms with van der Waals surface area (Å²) in [6.07, 6.45) is 1.39. The van der Waals surface area contributed by atoms with Crippen LogP contribution in [0.1, 0.15) is 25.8 Å². The maximum absolute atomic E-state index is 10.3. The maximum Gasteiger partial charge on any atom is 0.203 e. The highest BCUT2D eigenvalue weighted by Gasteiger charge is 2.27. The van der Waals surface area contributed by atoms with Crippen LogP contribution < -0.4 is 14.2 Å². The Morgan fingerprint density at radius 2 is 1.83 bits per heavy atom. The van der Waals surface area contributed by atoms with E-state index in [1.807, 2.05) is 19.1 Å². The fraction of sp³-hybridized carbons (Fsp3) is 0.667. The molecule has 1 saturated heterocycles. The fourth-order valence-electron chi connectivity index (χ4n) is 3.22. The summed E-state index contributed by atoms with van der Waals surface area (Å²) in [6.45, 7) is 7.58. The zero-order chi connectivity index (χ0) is 16.8. The van der Waals surface area contributed by atoms with E-state index >= 15 is 0 Å². The van der Waals surface area contributed by atoms with Crippen molar-refractivity contribution >= 4 is 0 Å². The number of benzene rings is 1. The van der Waals surface area contributed by atoms with E-state index in [0.29, 0.717) is 23.9 Å². The number of nitrogens with zero attached hydrogens (tertiary/aromatic N) is 1. The number of aliphatic hydroxyl groups is 1. The Bertz CT molecular complexity index is 481. The lowest BCUT2D eigenvalue weighted by Crippen LogP contribution is -2.43. The van der Waals surface area contributed by atoms with E-state index in [2.05, 4.69) is 11.8 Å². The van der Waals surface area contributed by atoms with Gasteiger partial charge >= 0.3 is 0 Å². The first-order valence-corrected chi connectivity index (χ1v) is 8.40. The Kier molecular flexibility index (Phi) is 6.54. The predicted molar refractivity (Wildman–Crippen MR) is 90.6 cm³/mol. The third kappa shape index (κ3) is 4.30. The van der Waals surface area contributed by atoms with Crippen molar-refractivity contribution in [3.63, 3.8) is 0 Å². The zero-order valence-corrected chi connectivity index (χ0v) is 14.7. The average Bonchev–Trinajstić information content (AvgIpc) is 2.57. The van der Waals surface area contributed by atoms with Crippen LogP contribution in [0.3, 0.4) is 0 Å². The highest BCUT2D eigenvalue weighted by atomic mass is 16.5. The lowest BCUT2D eigenvalue weighted by molar-refractivity contribution is 0.0289. The van der Waals surface area contributed by atoms with Crippen LogP contribution >= 0.6 is 0 Å². The van der Waals surface area contributed by atoms with E-state index in [0.717, 1.165) is 38.0 Å². The van der Waals surface area contributed by atoms with Crippen LogP contribution in [0.2, 0.25) is 0 Å². The van der Waals surface area contributed by atoms with Gasteiger partial charge in [0.25, 0.3) is 0 Å². The van der Waals surface area contributed by atoms with Crippen molar-refractivity contribution in [1.82, 2.24) is 4.90 Å². The van der Waals surface area contributed by atoms with Gasteiger partial charge in [0.05, 0.1) is 26.9 Å². The highest BCUT2D eigenvalue weighted by Crippen LogP contribution is 2.39. The van der Waals surface area contributed by atoms with Gasteiger partial charge in [-0.25, -0.2) is 0 Å². The number of likely N-dealkylation sites (tertiary alicyclic amines) is 1. The number of methoxy groups -OCH3 is 2. The number of hydrogen-bond acceptors (Lipinski definition) is 5. The fourth-order valence-corrected chi connectivity index (χ4v) is 3.22. The molecule has 1 heterocycles. The normalized spacial score (nSPS) is 22.0. The van der Waals surface area contributed by atoms with Gasteiger partial charge in [-0.05, 0) is 44.0 Å². The number of ether oxygens (including phenoxy) is 3. The maximum atomic E-state index is 10.3. The molecule has 0 aliphatic carbocycles. The summed E-state index contributed by atoms with van der Waals surface area (Å²) in [6, 6.07) is 3.98. The molecule has 0 radical (unpaired) electrons. The van der Waals surface area contributed by atoms with Gasteiger partial charge in [-0.2, -0.15) is 0 Å². The molecule has 0 aromatic heterocycles. The first kappa shape index (κ1) is 17.9. The molecule has 1 N–H and O–H groups in total. The Labute approximate surface area is 139 Å². The van der Waals surface area contributed by atoms with Crippen LogP contribution in [0.4, 0.5) is 0 Å². The molecular formula is C18H29NO4. The van der Waals surface area contributed by atoms with E-state index in [-0.39, 0.29) is 12.0 Å². The second-order valence-corrected chi connectivity index (χ2v) is 5.98. The topological polar surface area (TPSA) is 51.2 Å². The van der Waals surface area contributed by atoms with Gasteiger partial charge in [0.15, 0.2) is 11.5 Å². The van der Waals surface area contributed by atoms with Gasteiger partial charge < -0.3 is 24.2 Å². The molecule has 0 saturated carbocycles. The summed E-state index contributed by atoms with van der Waals surface area (Å²) in [5.41, 5.74) is 1.10. The molecule has 130 valence electrons. The van der Waals surface area contributed by atoms with E-state index in [1.54, 1.807) is 14.2 Å². The van der Waals surface area contributed by atoms with Crippen LogP contribution in [0.5, 0.6) is 17.2 Å². The van der Waals surface area contributed by atoms with Crippen LogP contribution in [0.15, 0.2) is 12.1 Å². The zero-order valence-electron chi connectivity index (χ0n) is 14.7. The molecule has 23 heavy (non-hydrogen) atoms. The highest BCUT2D eigenvalue weighted by molar-refractivity contribution is 5.54. The summed E-state index contributed by atoms with van der Waals surface area (Å²) < 4.78 is 16.6. The monoisotopic (exact) mass is 323 g/mol. The van der Waals surface area contributed by atoms with Crippen molar-refractivity contribution in [2.45, 2.75) is 32.8 Å². The van der Waals surface area contributed by atoms with Gasteiger partial charge in [0.1, 0.15) is 0 Å². The van der Waals surface area contributed by atoms with E-state index in [9.17, 15) is 5.11 Å². The quantitative estimate of drug-likeness (QED) is 0.835. The van der Waals surface area contributed by atoms with Gasteiger partial charge in [0.2, 0.25) is 5.75 Å². The molecule has 0 bridgehead atoms. The van der Waals surface area contributed by atoms with Crippen LogP contribution in [-0.2, 0) is 6.42 Å². The molecule has 2 rings (SSSR count). The number of aliphatic hydroxyl groups excluding tert-OH is 1. The number of piperidine rings is 1. The minimum absolute atomic E-state index is 0.232. The molecule has 2 unspecified atom stereocenters. The minimum atomic E-state index is -0.249. The van der Waals surface area contributed by atoms with E-state index < -0.39 is 0 Å². The van der Waals surface area contributed by atoms with E-state index in [4.69, 9.17) is 14.2 Å². The summed E-state index contributed by atoms with van der Waals surface area (Å²) in [5.74, 6) is 2.23.